The monoisotopic (exact) mass is 259 g/mol. The van der Waals surface area contributed by atoms with Gasteiger partial charge in [0.05, 0.1) is 0 Å². The lowest BCUT2D eigenvalue weighted by atomic mass is 10.2. The van der Waals surface area contributed by atoms with Crippen LogP contribution in [0.5, 0.6) is 0 Å². The highest BCUT2D eigenvalue weighted by atomic mass is 35.5. The van der Waals surface area contributed by atoms with E-state index in [-0.39, 0.29) is 23.8 Å². The van der Waals surface area contributed by atoms with Gasteiger partial charge in [0.25, 0.3) is 5.91 Å². The van der Waals surface area contributed by atoms with Crippen LogP contribution in [0, 0.1) is 0 Å². The molecule has 1 atom stereocenters. The molecule has 0 fully saturated rings. The number of aromatic nitrogens is 2. The summed E-state index contributed by atoms with van der Waals surface area (Å²) in [6.45, 7) is 0.0244. The van der Waals surface area contributed by atoms with E-state index in [1.54, 1.807) is 0 Å². The van der Waals surface area contributed by atoms with Crippen molar-refractivity contribution in [2.45, 2.75) is 12.5 Å². The summed E-state index contributed by atoms with van der Waals surface area (Å²) >= 11 is 5.49. The summed E-state index contributed by atoms with van der Waals surface area (Å²) in [5.41, 5.74) is 0.0687. The number of aliphatic carboxylic acids is 1. The number of carbonyl (C=O) groups excluding carboxylic acids is 1. The van der Waals surface area contributed by atoms with Crippen LogP contribution in [0.15, 0.2) is 12.1 Å². The Hall–Kier alpha value is -1.73. The average Bonchev–Trinajstić information content (AvgIpc) is 2.29. The molecular weight excluding hydrogens is 250 g/mol. The summed E-state index contributed by atoms with van der Waals surface area (Å²) in [6, 6.07) is 2.80. The van der Waals surface area contributed by atoms with Gasteiger partial charge in [0.15, 0.2) is 17.0 Å². The van der Waals surface area contributed by atoms with Crippen molar-refractivity contribution in [3.8, 4) is 0 Å². The van der Waals surface area contributed by atoms with Crippen LogP contribution >= 0.6 is 11.6 Å². The summed E-state index contributed by atoms with van der Waals surface area (Å²) in [4.78, 5) is 21.7. The molecule has 0 saturated heterocycles. The smallest absolute Gasteiger partial charge is 0.332 e. The van der Waals surface area contributed by atoms with E-state index >= 15 is 0 Å². The Bertz CT molecular complexity index is 409. The van der Waals surface area contributed by atoms with Crippen LogP contribution in [0.25, 0.3) is 0 Å². The van der Waals surface area contributed by atoms with Gasteiger partial charge in [-0.05, 0) is 12.1 Å². The lowest BCUT2D eigenvalue weighted by molar-refractivity contribution is -0.146. The first-order valence-corrected chi connectivity index (χ1v) is 5.07. The molecule has 1 aromatic heterocycles. The van der Waals surface area contributed by atoms with Gasteiger partial charge in [-0.25, -0.2) is 4.79 Å². The second-order valence-corrected chi connectivity index (χ2v) is 3.53. The van der Waals surface area contributed by atoms with Crippen molar-refractivity contribution >= 4 is 23.5 Å². The fraction of sp³-hybridized carbons (Fsp3) is 0.333. The third kappa shape index (κ3) is 4.33. The molecule has 7 nitrogen and oxygen atoms in total. The highest BCUT2D eigenvalue weighted by Crippen LogP contribution is 2.01. The Labute approximate surface area is 101 Å². The lowest BCUT2D eigenvalue weighted by Crippen LogP contribution is -2.30. The van der Waals surface area contributed by atoms with Gasteiger partial charge >= 0.3 is 5.97 Å². The fourth-order valence-electron chi connectivity index (χ4n) is 0.974. The average molecular weight is 260 g/mol. The zero-order valence-corrected chi connectivity index (χ0v) is 9.39. The summed E-state index contributed by atoms with van der Waals surface area (Å²) in [7, 11) is 0. The van der Waals surface area contributed by atoms with E-state index in [0.29, 0.717) is 0 Å². The summed E-state index contributed by atoms with van der Waals surface area (Å²) < 4.78 is 0. The summed E-state index contributed by atoms with van der Waals surface area (Å²) in [5.74, 6) is -1.84. The van der Waals surface area contributed by atoms with Crippen LogP contribution in [0.1, 0.15) is 16.9 Å². The van der Waals surface area contributed by atoms with Crippen molar-refractivity contribution in [2.24, 2.45) is 0 Å². The van der Waals surface area contributed by atoms with Gasteiger partial charge in [-0.3, -0.25) is 4.79 Å². The third-order valence-corrected chi connectivity index (χ3v) is 2.05. The minimum absolute atomic E-state index is 0.0244. The van der Waals surface area contributed by atoms with Gasteiger partial charge in [0.2, 0.25) is 0 Å². The van der Waals surface area contributed by atoms with Gasteiger partial charge < -0.3 is 15.5 Å². The van der Waals surface area contributed by atoms with Crippen LogP contribution in [0.3, 0.4) is 0 Å². The van der Waals surface area contributed by atoms with E-state index in [0.717, 1.165) is 0 Å². The SMILES string of the molecule is O=C(NCCC(O)C(=O)O)c1ccc(Cl)nn1. The molecule has 0 saturated carbocycles. The molecule has 8 heteroatoms. The van der Waals surface area contributed by atoms with Crippen LogP contribution in [-0.4, -0.2) is 44.9 Å². The number of hydrogen-bond acceptors (Lipinski definition) is 5. The lowest BCUT2D eigenvalue weighted by Gasteiger charge is -2.06. The molecule has 0 radical (unpaired) electrons. The molecule has 0 spiro atoms. The second-order valence-electron chi connectivity index (χ2n) is 3.14. The van der Waals surface area contributed by atoms with Crippen molar-refractivity contribution in [1.29, 1.82) is 0 Å². The number of aliphatic hydroxyl groups excluding tert-OH is 1. The summed E-state index contributed by atoms with van der Waals surface area (Å²) in [6.07, 6.45) is -1.58. The molecule has 3 N–H and O–H groups in total. The largest absolute Gasteiger partial charge is 0.479 e. The Kier molecular flexibility index (Phi) is 4.80. The number of rotatable bonds is 5. The van der Waals surface area contributed by atoms with E-state index in [2.05, 4.69) is 15.5 Å². The van der Waals surface area contributed by atoms with Crippen molar-refractivity contribution in [3.05, 3.63) is 23.0 Å². The highest BCUT2D eigenvalue weighted by Gasteiger charge is 2.13. The first kappa shape index (κ1) is 13.3. The minimum Gasteiger partial charge on any atom is -0.479 e. The Balaban J connectivity index is 2.40. The Morgan fingerprint density at radius 3 is 2.65 bits per heavy atom. The van der Waals surface area contributed by atoms with Crippen LogP contribution in [0.4, 0.5) is 0 Å². The molecular formula is C9H10ClN3O4. The van der Waals surface area contributed by atoms with E-state index in [1.807, 2.05) is 0 Å². The standard InChI is InChI=1S/C9H10ClN3O4/c10-7-2-1-5(12-13-7)8(15)11-4-3-6(14)9(16)17/h1-2,6,14H,3-4H2,(H,11,15)(H,16,17). The van der Waals surface area contributed by atoms with Gasteiger partial charge in [-0.15, -0.1) is 10.2 Å². The first-order chi connectivity index (χ1) is 8.00. The molecule has 0 bridgehead atoms. The Morgan fingerprint density at radius 1 is 1.41 bits per heavy atom. The zero-order chi connectivity index (χ0) is 12.8. The number of carbonyl (C=O) groups is 2. The predicted octanol–water partition coefficient (Wildman–Crippen LogP) is -0.305. The third-order valence-electron chi connectivity index (χ3n) is 1.85. The van der Waals surface area contributed by atoms with E-state index in [4.69, 9.17) is 21.8 Å². The van der Waals surface area contributed by atoms with E-state index in [1.165, 1.54) is 12.1 Å². The van der Waals surface area contributed by atoms with Crippen molar-refractivity contribution in [1.82, 2.24) is 15.5 Å². The molecule has 92 valence electrons. The normalized spacial score (nSPS) is 11.9. The van der Waals surface area contributed by atoms with Crippen LogP contribution in [-0.2, 0) is 4.79 Å². The van der Waals surface area contributed by atoms with Gasteiger partial charge in [0, 0.05) is 13.0 Å². The van der Waals surface area contributed by atoms with E-state index < -0.39 is 18.0 Å². The van der Waals surface area contributed by atoms with Crippen LogP contribution in [0.2, 0.25) is 5.15 Å². The topological polar surface area (TPSA) is 112 Å². The molecule has 1 amide bonds. The minimum atomic E-state index is -1.49. The molecule has 0 aliphatic carbocycles. The fourth-order valence-corrected chi connectivity index (χ4v) is 1.07. The first-order valence-electron chi connectivity index (χ1n) is 4.69. The number of halogens is 1. The van der Waals surface area contributed by atoms with E-state index in [9.17, 15) is 9.59 Å². The second kappa shape index (κ2) is 6.12. The quantitative estimate of drug-likeness (QED) is 0.669. The van der Waals surface area contributed by atoms with Crippen molar-refractivity contribution < 1.29 is 19.8 Å². The summed E-state index contributed by atoms with van der Waals surface area (Å²) in [5, 5.41) is 26.9. The maximum Gasteiger partial charge on any atom is 0.332 e. The molecule has 1 rings (SSSR count). The number of hydrogen-bond donors (Lipinski definition) is 3. The maximum atomic E-state index is 11.4. The van der Waals surface area contributed by atoms with Crippen molar-refractivity contribution in [2.75, 3.05) is 6.54 Å². The predicted molar refractivity (Wildman–Crippen MR) is 57.6 cm³/mol. The zero-order valence-electron chi connectivity index (χ0n) is 8.63. The Morgan fingerprint density at radius 2 is 2.12 bits per heavy atom. The van der Waals surface area contributed by atoms with Gasteiger partial charge in [0.1, 0.15) is 0 Å². The molecule has 0 aliphatic heterocycles. The maximum absolute atomic E-state index is 11.4. The molecule has 1 aromatic rings. The van der Waals surface area contributed by atoms with Crippen LogP contribution < -0.4 is 5.32 Å². The number of amides is 1. The van der Waals surface area contributed by atoms with Gasteiger partial charge in [-0.1, -0.05) is 11.6 Å². The number of nitrogens with zero attached hydrogens (tertiary/aromatic N) is 2. The van der Waals surface area contributed by atoms with Gasteiger partial charge in [-0.2, -0.15) is 0 Å². The van der Waals surface area contributed by atoms with Crippen molar-refractivity contribution in [3.63, 3.8) is 0 Å². The number of carboxylic acid groups (broad SMARTS) is 1. The molecule has 1 unspecified atom stereocenters. The molecule has 0 aliphatic rings. The molecule has 1 heterocycles. The molecule has 17 heavy (non-hydrogen) atoms. The number of nitrogens with one attached hydrogen (secondary N) is 1. The molecule has 0 aromatic carbocycles. The highest BCUT2D eigenvalue weighted by molar-refractivity contribution is 6.29. The number of aliphatic hydroxyl groups is 1. The number of carboxylic acids is 1.